The molecule has 3 aromatic rings. The Morgan fingerprint density at radius 2 is 1.48 bits per heavy atom. The summed E-state index contributed by atoms with van der Waals surface area (Å²) in [6, 6.07) is 25.0. The Morgan fingerprint density at radius 1 is 0.826 bits per heavy atom. The zero-order valence-corrected chi connectivity index (χ0v) is 14.0. The van der Waals surface area contributed by atoms with E-state index in [9.17, 15) is 4.79 Å². The van der Waals surface area contributed by atoms with Crippen molar-refractivity contribution in [1.29, 1.82) is 0 Å². The Morgan fingerprint density at radius 3 is 2.26 bits per heavy atom. The van der Waals surface area contributed by atoms with Crippen LogP contribution < -0.4 is 4.74 Å². The minimum absolute atomic E-state index is 0.363. The van der Waals surface area contributed by atoms with Gasteiger partial charge in [0.1, 0.15) is 5.75 Å². The van der Waals surface area contributed by atoms with Crippen LogP contribution in [0.3, 0.4) is 0 Å². The Kier molecular flexibility index (Phi) is 4.89. The first kappa shape index (κ1) is 15.5. The number of hydrogen-bond acceptors (Lipinski definition) is 2. The van der Waals surface area contributed by atoms with Gasteiger partial charge in [0.05, 0.1) is 5.56 Å². The van der Waals surface area contributed by atoms with Crippen LogP contribution in [-0.4, -0.2) is 5.97 Å². The fourth-order valence-corrected chi connectivity index (χ4v) is 2.79. The summed E-state index contributed by atoms with van der Waals surface area (Å²) in [6.45, 7) is 0. The molecule has 0 aliphatic carbocycles. The van der Waals surface area contributed by atoms with Crippen LogP contribution in [0.2, 0.25) is 0 Å². The number of rotatable bonds is 4. The standard InChI is InChI=1S/C20H15BrO2/c21-18-12-6-5-11-17(18)20(22)23-19-13-7-4-10-16(19)14-15-8-2-1-3-9-15/h1-13H,14H2. The number of para-hydroxylation sites is 1. The van der Waals surface area contributed by atoms with Gasteiger partial charge >= 0.3 is 5.97 Å². The van der Waals surface area contributed by atoms with Gasteiger partial charge in [0.25, 0.3) is 0 Å². The molecule has 0 saturated carbocycles. The third kappa shape index (κ3) is 3.88. The van der Waals surface area contributed by atoms with E-state index in [2.05, 4.69) is 28.1 Å². The Balaban J connectivity index is 1.84. The smallest absolute Gasteiger partial charge is 0.344 e. The van der Waals surface area contributed by atoms with E-state index < -0.39 is 0 Å². The minimum Gasteiger partial charge on any atom is -0.423 e. The van der Waals surface area contributed by atoms with E-state index >= 15 is 0 Å². The maximum atomic E-state index is 12.4. The van der Waals surface area contributed by atoms with Crippen molar-refractivity contribution in [2.45, 2.75) is 6.42 Å². The molecular weight excluding hydrogens is 352 g/mol. The number of carbonyl (C=O) groups is 1. The minimum atomic E-state index is -0.363. The topological polar surface area (TPSA) is 26.3 Å². The van der Waals surface area contributed by atoms with Crippen LogP contribution in [0, 0.1) is 0 Å². The molecule has 0 spiro atoms. The fourth-order valence-electron chi connectivity index (χ4n) is 2.35. The third-order valence-electron chi connectivity index (χ3n) is 3.51. The van der Waals surface area contributed by atoms with Gasteiger partial charge in [-0.25, -0.2) is 4.79 Å². The van der Waals surface area contributed by atoms with Gasteiger partial charge in [-0.05, 0) is 45.3 Å². The van der Waals surface area contributed by atoms with Gasteiger partial charge in [-0.15, -0.1) is 0 Å². The van der Waals surface area contributed by atoms with Crippen LogP contribution in [0.4, 0.5) is 0 Å². The summed E-state index contributed by atoms with van der Waals surface area (Å²) in [4.78, 5) is 12.4. The largest absolute Gasteiger partial charge is 0.423 e. The molecule has 2 nitrogen and oxygen atoms in total. The highest BCUT2D eigenvalue weighted by molar-refractivity contribution is 9.10. The second-order valence-electron chi connectivity index (χ2n) is 5.14. The molecule has 0 radical (unpaired) electrons. The van der Waals surface area contributed by atoms with E-state index in [4.69, 9.17) is 4.74 Å². The predicted octanol–water partition coefficient (Wildman–Crippen LogP) is 5.26. The summed E-state index contributed by atoms with van der Waals surface area (Å²) in [5, 5.41) is 0. The number of benzene rings is 3. The number of ether oxygens (including phenoxy) is 1. The molecular formula is C20H15BrO2. The summed E-state index contributed by atoms with van der Waals surface area (Å²) in [6.07, 6.45) is 0.722. The average molecular weight is 367 g/mol. The molecule has 0 saturated heterocycles. The lowest BCUT2D eigenvalue weighted by molar-refractivity contribution is 0.0732. The Hall–Kier alpha value is -2.39. The summed E-state index contributed by atoms with van der Waals surface area (Å²) in [7, 11) is 0. The lowest BCUT2D eigenvalue weighted by atomic mass is 10.0. The van der Waals surface area contributed by atoms with Crippen molar-refractivity contribution in [2.75, 3.05) is 0 Å². The van der Waals surface area contributed by atoms with Crippen molar-refractivity contribution >= 4 is 21.9 Å². The second kappa shape index (κ2) is 7.25. The highest BCUT2D eigenvalue weighted by Gasteiger charge is 2.14. The average Bonchev–Trinajstić information content (AvgIpc) is 2.58. The quantitative estimate of drug-likeness (QED) is 0.465. The van der Waals surface area contributed by atoms with Gasteiger partial charge in [0, 0.05) is 10.9 Å². The monoisotopic (exact) mass is 366 g/mol. The zero-order chi connectivity index (χ0) is 16.1. The highest BCUT2D eigenvalue weighted by Crippen LogP contribution is 2.24. The first-order chi connectivity index (χ1) is 11.2. The molecule has 0 N–H and O–H groups in total. The summed E-state index contributed by atoms with van der Waals surface area (Å²) in [5.41, 5.74) is 2.68. The lowest BCUT2D eigenvalue weighted by Crippen LogP contribution is -2.10. The van der Waals surface area contributed by atoms with E-state index in [1.807, 2.05) is 60.7 Å². The van der Waals surface area contributed by atoms with Crippen LogP contribution in [0.15, 0.2) is 83.3 Å². The predicted molar refractivity (Wildman–Crippen MR) is 94.8 cm³/mol. The van der Waals surface area contributed by atoms with Crippen LogP contribution in [0.25, 0.3) is 0 Å². The molecule has 0 aromatic heterocycles. The number of carbonyl (C=O) groups excluding carboxylic acids is 1. The van der Waals surface area contributed by atoms with Gasteiger partial charge in [-0.2, -0.15) is 0 Å². The van der Waals surface area contributed by atoms with Gasteiger partial charge in [0.15, 0.2) is 0 Å². The normalized spacial score (nSPS) is 10.3. The molecule has 0 aliphatic rings. The molecule has 114 valence electrons. The van der Waals surface area contributed by atoms with Crippen molar-refractivity contribution in [2.24, 2.45) is 0 Å². The van der Waals surface area contributed by atoms with E-state index in [1.165, 1.54) is 5.56 Å². The van der Waals surface area contributed by atoms with E-state index in [-0.39, 0.29) is 5.97 Å². The van der Waals surface area contributed by atoms with Crippen molar-refractivity contribution in [1.82, 2.24) is 0 Å². The molecule has 0 amide bonds. The molecule has 0 atom stereocenters. The molecule has 0 unspecified atom stereocenters. The van der Waals surface area contributed by atoms with Crippen LogP contribution in [0.1, 0.15) is 21.5 Å². The van der Waals surface area contributed by atoms with Crippen LogP contribution in [-0.2, 0) is 6.42 Å². The van der Waals surface area contributed by atoms with Crippen molar-refractivity contribution < 1.29 is 9.53 Å². The van der Waals surface area contributed by atoms with Crippen molar-refractivity contribution in [3.8, 4) is 5.75 Å². The SMILES string of the molecule is O=C(Oc1ccccc1Cc1ccccc1)c1ccccc1Br. The Labute approximate surface area is 143 Å². The van der Waals surface area contributed by atoms with E-state index in [0.717, 1.165) is 16.5 Å². The van der Waals surface area contributed by atoms with Crippen LogP contribution >= 0.6 is 15.9 Å². The molecule has 0 heterocycles. The first-order valence-electron chi connectivity index (χ1n) is 7.32. The lowest BCUT2D eigenvalue weighted by Gasteiger charge is -2.11. The summed E-state index contributed by atoms with van der Waals surface area (Å²) in [5.74, 6) is 0.232. The van der Waals surface area contributed by atoms with Gasteiger partial charge in [-0.3, -0.25) is 0 Å². The van der Waals surface area contributed by atoms with Crippen LogP contribution in [0.5, 0.6) is 5.75 Å². The molecule has 3 heteroatoms. The summed E-state index contributed by atoms with van der Waals surface area (Å²) < 4.78 is 6.34. The highest BCUT2D eigenvalue weighted by atomic mass is 79.9. The molecule has 3 rings (SSSR count). The Bertz CT molecular complexity index is 813. The van der Waals surface area contributed by atoms with Crippen molar-refractivity contribution in [3.63, 3.8) is 0 Å². The molecule has 0 aliphatic heterocycles. The second-order valence-corrected chi connectivity index (χ2v) is 5.99. The molecule has 0 bridgehead atoms. The first-order valence-corrected chi connectivity index (χ1v) is 8.12. The third-order valence-corrected chi connectivity index (χ3v) is 4.20. The summed E-state index contributed by atoms with van der Waals surface area (Å²) >= 11 is 3.38. The maximum absolute atomic E-state index is 12.4. The van der Waals surface area contributed by atoms with Gasteiger partial charge < -0.3 is 4.74 Å². The van der Waals surface area contributed by atoms with Gasteiger partial charge in [-0.1, -0.05) is 60.7 Å². The molecule has 3 aromatic carbocycles. The molecule has 0 fully saturated rings. The van der Waals surface area contributed by atoms with E-state index in [1.54, 1.807) is 6.07 Å². The van der Waals surface area contributed by atoms with Gasteiger partial charge in [0.2, 0.25) is 0 Å². The number of halogens is 1. The zero-order valence-electron chi connectivity index (χ0n) is 12.4. The number of hydrogen-bond donors (Lipinski definition) is 0. The molecule has 23 heavy (non-hydrogen) atoms. The van der Waals surface area contributed by atoms with E-state index in [0.29, 0.717) is 11.3 Å². The van der Waals surface area contributed by atoms with Crippen molar-refractivity contribution in [3.05, 3.63) is 100 Å². The maximum Gasteiger partial charge on any atom is 0.344 e. The number of esters is 1. The fraction of sp³-hybridized carbons (Fsp3) is 0.0500.